The fourth-order valence-corrected chi connectivity index (χ4v) is 2.96. The predicted octanol–water partition coefficient (Wildman–Crippen LogP) is 2.64. The van der Waals surface area contributed by atoms with Crippen LogP contribution in [0.1, 0.15) is 26.2 Å². The van der Waals surface area contributed by atoms with Crippen LogP contribution in [0.2, 0.25) is 0 Å². The largest absolute Gasteiger partial charge is 0.485 e. The standard InChI is InChI=1S/C15H22N2O/c1-11-6-7-12(8-11)16-9-13-10-17-14-4-2-3-5-15(14)18-13/h2-5,11-13,16-17H,6-10H2,1H3. The Morgan fingerprint density at radius 1 is 1.33 bits per heavy atom. The summed E-state index contributed by atoms with van der Waals surface area (Å²) in [5.41, 5.74) is 1.11. The molecule has 1 aliphatic heterocycles. The maximum atomic E-state index is 5.99. The molecule has 3 heteroatoms. The molecule has 98 valence electrons. The minimum atomic E-state index is 0.246. The molecule has 18 heavy (non-hydrogen) atoms. The Morgan fingerprint density at radius 2 is 2.22 bits per heavy atom. The van der Waals surface area contributed by atoms with Gasteiger partial charge in [-0.3, -0.25) is 0 Å². The van der Waals surface area contributed by atoms with E-state index >= 15 is 0 Å². The summed E-state index contributed by atoms with van der Waals surface area (Å²) >= 11 is 0. The third kappa shape index (κ3) is 2.61. The van der Waals surface area contributed by atoms with Crippen LogP contribution in [0.15, 0.2) is 24.3 Å². The van der Waals surface area contributed by atoms with Crippen LogP contribution in [-0.2, 0) is 0 Å². The average Bonchev–Trinajstić information content (AvgIpc) is 2.82. The molecule has 0 saturated heterocycles. The Hall–Kier alpha value is -1.22. The molecule has 0 amide bonds. The lowest BCUT2D eigenvalue weighted by Gasteiger charge is -2.28. The van der Waals surface area contributed by atoms with Crippen LogP contribution in [0.3, 0.4) is 0 Å². The van der Waals surface area contributed by atoms with Gasteiger partial charge in [0.25, 0.3) is 0 Å². The topological polar surface area (TPSA) is 33.3 Å². The number of nitrogens with one attached hydrogen (secondary N) is 2. The fraction of sp³-hybridized carbons (Fsp3) is 0.600. The van der Waals surface area contributed by atoms with Crippen LogP contribution in [0, 0.1) is 5.92 Å². The zero-order valence-electron chi connectivity index (χ0n) is 11.0. The van der Waals surface area contributed by atoms with Gasteiger partial charge in [-0.1, -0.05) is 19.1 Å². The van der Waals surface area contributed by atoms with E-state index in [0.717, 1.165) is 30.4 Å². The third-order valence-electron chi connectivity index (χ3n) is 4.03. The number of hydrogen-bond acceptors (Lipinski definition) is 3. The first kappa shape index (κ1) is 11.8. The normalized spacial score (nSPS) is 30.4. The Kier molecular flexibility index (Phi) is 3.41. The van der Waals surface area contributed by atoms with Crippen LogP contribution < -0.4 is 15.4 Å². The van der Waals surface area contributed by atoms with E-state index in [-0.39, 0.29) is 6.10 Å². The maximum Gasteiger partial charge on any atom is 0.142 e. The number of benzene rings is 1. The molecule has 0 spiro atoms. The highest BCUT2D eigenvalue weighted by atomic mass is 16.5. The highest BCUT2D eigenvalue weighted by Gasteiger charge is 2.23. The van der Waals surface area contributed by atoms with Crippen molar-refractivity contribution < 1.29 is 4.74 Å². The van der Waals surface area contributed by atoms with Gasteiger partial charge in [0.15, 0.2) is 0 Å². The van der Waals surface area contributed by atoms with E-state index in [2.05, 4.69) is 23.6 Å². The average molecular weight is 246 g/mol. The summed E-state index contributed by atoms with van der Waals surface area (Å²) in [5, 5.41) is 7.08. The number of para-hydroxylation sites is 2. The Labute approximate surface area is 109 Å². The van der Waals surface area contributed by atoms with E-state index < -0.39 is 0 Å². The smallest absolute Gasteiger partial charge is 0.142 e. The van der Waals surface area contributed by atoms with Gasteiger partial charge in [0.05, 0.1) is 12.2 Å². The second kappa shape index (κ2) is 5.19. The second-order valence-electron chi connectivity index (χ2n) is 5.64. The van der Waals surface area contributed by atoms with Gasteiger partial charge in [0.2, 0.25) is 0 Å². The summed E-state index contributed by atoms with van der Waals surface area (Å²) in [6.07, 6.45) is 4.25. The van der Waals surface area contributed by atoms with E-state index in [0.29, 0.717) is 6.04 Å². The molecule has 3 rings (SSSR count). The molecule has 1 aromatic carbocycles. The highest BCUT2D eigenvalue weighted by molar-refractivity contribution is 5.57. The van der Waals surface area contributed by atoms with E-state index in [4.69, 9.17) is 4.74 Å². The lowest BCUT2D eigenvalue weighted by molar-refractivity contribution is 0.196. The molecule has 1 saturated carbocycles. The molecule has 3 nitrogen and oxygen atoms in total. The van der Waals surface area contributed by atoms with Crippen LogP contribution >= 0.6 is 0 Å². The van der Waals surface area contributed by atoms with Crippen molar-refractivity contribution in [1.29, 1.82) is 0 Å². The second-order valence-corrected chi connectivity index (χ2v) is 5.64. The monoisotopic (exact) mass is 246 g/mol. The molecule has 3 unspecified atom stereocenters. The molecule has 1 heterocycles. The third-order valence-corrected chi connectivity index (χ3v) is 4.03. The molecule has 1 fully saturated rings. The van der Waals surface area contributed by atoms with Crippen LogP contribution in [0.4, 0.5) is 5.69 Å². The highest BCUT2D eigenvalue weighted by Crippen LogP contribution is 2.28. The summed E-state index contributed by atoms with van der Waals surface area (Å²) in [4.78, 5) is 0. The van der Waals surface area contributed by atoms with Crippen molar-refractivity contribution in [2.75, 3.05) is 18.4 Å². The van der Waals surface area contributed by atoms with Gasteiger partial charge in [0, 0.05) is 12.6 Å². The Bertz CT molecular complexity index is 407. The molecule has 1 aliphatic carbocycles. The lowest BCUT2D eigenvalue weighted by atomic mass is 10.1. The molecule has 0 radical (unpaired) electrons. The van der Waals surface area contributed by atoms with Crippen molar-refractivity contribution in [2.45, 2.75) is 38.3 Å². The molecule has 3 atom stereocenters. The Balaban J connectivity index is 1.51. The number of fused-ring (bicyclic) bond motifs is 1. The summed E-state index contributed by atoms with van der Waals surface area (Å²) in [6.45, 7) is 4.18. The minimum absolute atomic E-state index is 0.246. The first-order valence-electron chi connectivity index (χ1n) is 7.04. The van der Waals surface area contributed by atoms with Gasteiger partial charge >= 0.3 is 0 Å². The van der Waals surface area contributed by atoms with Gasteiger partial charge in [-0.25, -0.2) is 0 Å². The van der Waals surface area contributed by atoms with Gasteiger partial charge in [-0.05, 0) is 37.3 Å². The summed E-state index contributed by atoms with van der Waals surface area (Å²) in [7, 11) is 0. The van der Waals surface area contributed by atoms with Gasteiger partial charge < -0.3 is 15.4 Å². The van der Waals surface area contributed by atoms with Crippen molar-refractivity contribution in [1.82, 2.24) is 5.32 Å². The maximum absolute atomic E-state index is 5.99. The van der Waals surface area contributed by atoms with Gasteiger partial charge in [-0.15, -0.1) is 0 Å². The van der Waals surface area contributed by atoms with E-state index in [1.165, 1.54) is 19.3 Å². The SMILES string of the molecule is CC1CCC(NCC2CNc3ccccc3O2)C1. The van der Waals surface area contributed by atoms with Crippen molar-refractivity contribution in [3.05, 3.63) is 24.3 Å². The molecule has 2 N–H and O–H groups in total. The Morgan fingerprint density at radius 3 is 3.06 bits per heavy atom. The van der Waals surface area contributed by atoms with E-state index in [9.17, 15) is 0 Å². The molecular formula is C15H22N2O. The first-order chi connectivity index (χ1) is 8.81. The predicted molar refractivity (Wildman–Crippen MR) is 74.2 cm³/mol. The first-order valence-corrected chi connectivity index (χ1v) is 7.04. The van der Waals surface area contributed by atoms with Gasteiger partial charge in [0.1, 0.15) is 11.9 Å². The number of hydrogen-bond donors (Lipinski definition) is 2. The van der Waals surface area contributed by atoms with E-state index in [1.807, 2.05) is 18.2 Å². The van der Waals surface area contributed by atoms with Crippen molar-refractivity contribution >= 4 is 5.69 Å². The zero-order valence-corrected chi connectivity index (χ0v) is 11.0. The minimum Gasteiger partial charge on any atom is -0.485 e. The summed E-state index contributed by atoms with van der Waals surface area (Å²) in [5.74, 6) is 1.86. The molecule has 0 aromatic heterocycles. The molecule has 0 bridgehead atoms. The van der Waals surface area contributed by atoms with Crippen molar-refractivity contribution in [3.63, 3.8) is 0 Å². The number of anilines is 1. The quantitative estimate of drug-likeness (QED) is 0.860. The van der Waals surface area contributed by atoms with Crippen LogP contribution in [0.25, 0.3) is 0 Å². The number of rotatable bonds is 3. The van der Waals surface area contributed by atoms with Crippen LogP contribution in [-0.4, -0.2) is 25.2 Å². The van der Waals surface area contributed by atoms with Gasteiger partial charge in [-0.2, -0.15) is 0 Å². The molecule has 1 aromatic rings. The number of ether oxygens (including phenoxy) is 1. The van der Waals surface area contributed by atoms with Crippen molar-refractivity contribution in [3.8, 4) is 5.75 Å². The summed E-state index contributed by atoms with van der Waals surface area (Å²) < 4.78 is 5.99. The van der Waals surface area contributed by atoms with Crippen LogP contribution in [0.5, 0.6) is 5.75 Å². The molecule has 2 aliphatic rings. The van der Waals surface area contributed by atoms with E-state index in [1.54, 1.807) is 0 Å². The van der Waals surface area contributed by atoms with Crippen molar-refractivity contribution in [2.24, 2.45) is 5.92 Å². The molecular weight excluding hydrogens is 224 g/mol. The summed E-state index contributed by atoms with van der Waals surface area (Å²) in [6, 6.07) is 8.85. The lowest BCUT2D eigenvalue weighted by Crippen LogP contribution is -2.42. The zero-order chi connectivity index (χ0) is 12.4. The fourth-order valence-electron chi connectivity index (χ4n) is 2.96.